The summed E-state index contributed by atoms with van der Waals surface area (Å²) in [6.07, 6.45) is 1.27. The lowest BCUT2D eigenvalue weighted by molar-refractivity contribution is 0.0986. The van der Waals surface area contributed by atoms with Crippen molar-refractivity contribution < 1.29 is 4.74 Å². The standard InChI is InChI=1S/C13H29N3O/c1-11(2)14-8-13(10-17-5)16-7-6-12(9-16)15(3)4/h11-14H,6-10H2,1-5H3. The van der Waals surface area contributed by atoms with Crippen LogP contribution in [0, 0.1) is 0 Å². The topological polar surface area (TPSA) is 27.7 Å². The number of likely N-dealkylation sites (N-methyl/N-ethyl adjacent to an activating group) is 1. The zero-order valence-corrected chi connectivity index (χ0v) is 12.1. The molecular weight excluding hydrogens is 214 g/mol. The monoisotopic (exact) mass is 243 g/mol. The van der Waals surface area contributed by atoms with Gasteiger partial charge in [-0.05, 0) is 20.5 Å². The molecule has 4 heteroatoms. The van der Waals surface area contributed by atoms with Crippen LogP contribution in [0.15, 0.2) is 0 Å². The van der Waals surface area contributed by atoms with E-state index in [1.165, 1.54) is 19.5 Å². The van der Waals surface area contributed by atoms with Crippen molar-refractivity contribution in [3.05, 3.63) is 0 Å². The van der Waals surface area contributed by atoms with Gasteiger partial charge in [-0.1, -0.05) is 13.8 Å². The summed E-state index contributed by atoms with van der Waals surface area (Å²) in [5.41, 5.74) is 0. The fraction of sp³-hybridized carbons (Fsp3) is 1.00. The van der Waals surface area contributed by atoms with Gasteiger partial charge in [-0.15, -0.1) is 0 Å². The zero-order chi connectivity index (χ0) is 12.8. The van der Waals surface area contributed by atoms with E-state index in [-0.39, 0.29) is 0 Å². The fourth-order valence-corrected chi connectivity index (χ4v) is 2.38. The molecule has 1 rings (SSSR count). The Labute approximate surface area is 106 Å². The Bertz CT molecular complexity index is 209. The molecule has 0 aromatic rings. The maximum Gasteiger partial charge on any atom is 0.0630 e. The molecule has 0 radical (unpaired) electrons. The number of nitrogens with zero attached hydrogens (tertiary/aromatic N) is 2. The molecule has 1 N–H and O–H groups in total. The smallest absolute Gasteiger partial charge is 0.0630 e. The first-order valence-electron chi connectivity index (χ1n) is 6.67. The molecule has 0 aromatic carbocycles. The van der Waals surface area contributed by atoms with E-state index >= 15 is 0 Å². The van der Waals surface area contributed by atoms with Crippen molar-refractivity contribution in [3.63, 3.8) is 0 Å². The summed E-state index contributed by atoms with van der Waals surface area (Å²) < 4.78 is 5.35. The maximum atomic E-state index is 5.35. The van der Waals surface area contributed by atoms with Crippen LogP contribution in [0.4, 0.5) is 0 Å². The van der Waals surface area contributed by atoms with E-state index in [0.717, 1.165) is 13.2 Å². The Kier molecular flexibility index (Phi) is 6.41. The highest BCUT2D eigenvalue weighted by Crippen LogP contribution is 2.16. The van der Waals surface area contributed by atoms with Crippen LogP contribution in [0.3, 0.4) is 0 Å². The number of ether oxygens (including phenoxy) is 1. The first-order chi connectivity index (χ1) is 8.04. The molecule has 2 atom stereocenters. The number of rotatable bonds is 7. The summed E-state index contributed by atoms with van der Waals surface area (Å²) in [5.74, 6) is 0. The van der Waals surface area contributed by atoms with Gasteiger partial charge in [0.25, 0.3) is 0 Å². The van der Waals surface area contributed by atoms with Gasteiger partial charge in [0.1, 0.15) is 0 Å². The van der Waals surface area contributed by atoms with E-state index in [2.05, 4.69) is 43.1 Å². The van der Waals surface area contributed by atoms with Gasteiger partial charge in [0.05, 0.1) is 6.61 Å². The predicted octanol–water partition coefficient (Wildman–Crippen LogP) is 0.635. The lowest BCUT2D eigenvalue weighted by atomic mass is 10.2. The number of hydrogen-bond acceptors (Lipinski definition) is 4. The summed E-state index contributed by atoms with van der Waals surface area (Å²) in [4.78, 5) is 4.89. The van der Waals surface area contributed by atoms with E-state index in [9.17, 15) is 0 Å². The molecule has 0 amide bonds. The van der Waals surface area contributed by atoms with Crippen molar-refractivity contribution in [2.75, 3.05) is 47.4 Å². The molecule has 1 saturated heterocycles. The van der Waals surface area contributed by atoms with E-state index in [4.69, 9.17) is 4.74 Å². The van der Waals surface area contributed by atoms with Gasteiger partial charge in [-0.25, -0.2) is 0 Å². The predicted molar refractivity (Wildman–Crippen MR) is 72.5 cm³/mol. The van der Waals surface area contributed by atoms with Gasteiger partial charge < -0.3 is 15.0 Å². The lowest BCUT2D eigenvalue weighted by Crippen LogP contribution is -2.46. The maximum absolute atomic E-state index is 5.35. The van der Waals surface area contributed by atoms with Crippen molar-refractivity contribution in [2.45, 2.75) is 38.4 Å². The van der Waals surface area contributed by atoms with Crippen LogP contribution in [0.2, 0.25) is 0 Å². The molecule has 2 unspecified atom stereocenters. The van der Waals surface area contributed by atoms with Crippen LogP contribution in [0.1, 0.15) is 20.3 Å². The highest BCUT2D eigenvalue weighted by Gasteiger charge is 2.29. The number of nitrogens with one attached hydrogen (secondary N) is 1. The zero-order valence-electron chi connectivity index (χ0n) is 12.1. The van der Waals surface area contributed by atoms with Crippen LogP contribution in [0.5, 0.6) is 0 Å². The summed E-state index contributed by atoms with van der Waals surface area (Å²) in [6.45, 7) is 8.58. The Balaban J connectivity index is 2.42. The molecule has 0 aliphatic carbocycles. The average Bonchev–Trinajstić information content (AvgIpc) is 2.73. The van der Waals surface area contributed by atoms with Crippen LogP contribution in [-0.2, 0) is 4.74 Å². The Morgan fingerprint density at radius 1 is 1.41 bits per heavy atom. The van der Waals surface area contributed by atoms with E-state index in [0.29, 0.717) is 18.1 Å². The normalized spacial score (nSPS) is 23.8. The molecule has 1 aliphatic heterocycles. The molecule has 17 heavy (non-hydrogen) atoms. The van der Waals surface area contributed by atoms with Crippen LogP contribution in [-0.4, -0.2) is 75.4 Å². The van der Waals surface area contributed by atoms with E-state index < -0.39 is 0 Å². The van der Waals surface area contributed by atoms with E-state index in [1.54, 1.807) is 7.11 Å². The van der Waals surface area contributed by atoms with Gasteiger partial charge in [-0.2, -0.15) is 0 Å². The summed E-state index contributed by atoms with van der Waals surface area (Å²) in [6, 6.07) is 1.75. The molecule has 0 bridgehead atoms. The molecule has 0 saturated carbocycles. The Morgan fingerprint density at radius 2 is 2.12 bits per heavy atom. The fourth-order valence-electron chi connectivity index (χ4n) is 2.38. The van der Waals surface area contributed by atoms with Gasteiger partial charge in [0.2, 0.25) is 0 Å². The minimum Gasteiger partial charge on any atom is -0.383 e. The lowest BCUT2D eigenvalue weighted by Gasteiger charge is -2.29. The Morgan fingerprint density at radius 3 is 2.59 bits per heavy atom. The molecule has 0 aromatic heterocycles. The van der Waals surface area contributed by atoms with Crippen LogP contribution >= 0.6 is 0 Å². The van der Waals surface area contributed by atoms with Crippen molar-refractivity contribution in [1.29, 1.82) is 0 Å². The molecule has 0 spiro atoms. The second kappa shape index (κ2) is 7.31. The molecule has 1 fully saturated rings. The molecule has 1 heterocycles. The van der Waals surface area contributed by atoms with Crippen molar-refractivity contribution >= 4 is 0 Å². The van der Waals surface area contributed by atoms with Gasteiger partial charge in [0, 0.05) is 44.9 Å². The first-order valence-corrected chi connectivity index (χ1v) is 6.67. The van der Waals surface area contributed by atoms with Crippen molar-refractivity contribution in [3.8, 4) is 0 Å². The van der Waals surface area contributed by atoms with Crippen molar-refractivity contribution in [1.82, 2.24) is 15.1 Å². The SMILES string of the molecule is COCC(CNC(C)C)N1CCC(N(C)C)C1. The first kappa shape index (κ1) is 14.9. The van der Waals surface area contributed by atoms with Gasteiger partial charge in [-0.3, -0.25) is 4.90 Å². The number of likely N-dealkylation sites (tertiary alicyclic amines) is 1. The van der Waals surface area contributed by atoms with Crippen molar-refractivity contribution in [2.24, 2.45) is 0 Å². The third-order valence-corrected chi connectivity index (χ3v) is 3.56. The average molecular weight is 243 g/mol. The van der Waals surface area contributed by atoms with Gasteiger partial charge in [0.15, 0.2) is 0 Å². The molecule has 1 aliphatic rings. The van der Waals surface area contributed by atoms with E-state index in [1.807, 2.05) is 0 Å². The largest absolute Gasteiger partial charge is 0.383 e. The number of methoxy groups -OCH3 is 1. The molecular formula is C13H29N3O. The summed E-state index contributed by atoms with van der Waals surface area (Å²) >= 11 is 0. The minimum absolute atomic E-state index is 0.507. The second-order valence-electron chi connectivity index (χ2n) is 5.57. The van der Waals surface area contributed by atoms with Gasteiger partial charge >= 0.3 is 0 Å². The third kappa shape index (κ3) is 4.92. The molecule has 4 nitrogen and oxygen atoms in total. The molecule has 102 valence electrons. The summed E-state index contributed by atoms with van der Waals surface area (Å²) in [7, 11) is 6.14. The van der Waals surface area contributed by atoms with Crippen LogP contribution < -0.4 is 5.32 Å². The Hall–Kier alpha value is -0.160. The number of hydrogen-bond donors (Lipinski definition) is 1. The quantitative estimate of drug-likeness (QED) is 0.710. The summed E-state index contributed by atoms with van der Waals surface area (Å²) in [5, 5.41) is 3.52. The third-order valence-electron chi connectivity index (χ3n) is 3.56. The highest BCUT2D eigenvalue weighted by molar-refractivity contribution is 4.86. The minimum atomic E-state index is 0.507. The second-order valence-corrected chi connectivity index (χ2v) is 5.57. The van der Waals surface area contributed by atoms with Crippen LogP contribution in [0.25, 0.3) is 0 Å². The highest BCUT2D eigenvalue weighted by atomic mass is 16.5.